The van der Waals surface area contributed by atoms with Crippen LogP contribution in [0.25, 0.3) is 0 Å². The molecular formula is C26H55ClO3Si. The Bertz CT molecular complexity index is 381. The highest BCUT2D eigenvalue weighted by Crippen LogP contribution is 2.35. The molecule has 0 aliphatic rings. The van der Waals surface area contributed by atoms with Gasteiger partial charge in [0.05, 0.1) is 0 Å². The van der Waals surface area contributed by atoms with Crippen molar-refractivity contribution in [2.24, 2.45) is 5.92 Å². The zero-order valence-corrected chi connectivity index (χ0v) is 23.7. The molecule has 2 atom stereocenters. The van der Waals surface area contributed by atoms with Gasteiger partial charge in [0.25, 0.3) is 0 Å². The van der Waals surface area contributed by atoms with E-state index < -0.39 is 8.80 Å². The van der Waals surface area contributed by atoms with Crippen LogP contribution < -0.4 is 0 Å². The van der Waals surface area contributed by atoms with Crippen LogP contribution in [0.2, 0.25) is 6.04 Å². The summed E-state index contributed by atoms with van der Waals surface area (Å²) in [7, 11) is 2.56. The average molecular weight is 479 g/mol. The van der Waals surface area contributed by atoms with Gasteiger partial charge in [-0.25, -0.2) is 0 Å². The van der Waals surface area contributed by atoms with Crippen molar-refractivity contribution in [1.82, 2.24) is 0 Å². The maximum Gasteiger partial charge on any atom is 0.500 e. The quantitative estimate of drug-likeness (QED) is 0.0831. The Labute approximate surface area is 201 Å². The summed E-state index contributed by atoms with van der Waals surface area (Å²) in [6.07, 6.45) is 22.9. The molecule has 5 heteroatoms. The zero-order valence-electron chi connectivity index (χ0n) is 21.9. The number of halogens is 1. The van der Waals surface area contributed by atoms with E-state index in [0.717, 1.165) is 18.9 Å². The van der Waals surface area contributed by atoms with Gasteiger partial charge in [-0.15, -0.1) is 11.6 Å². The van der Waals surface area contributed by atoms with Gasteiger partial charge in [-0.3, -0.25) is 0 Å². The van der Waals surface area contributed by atoms with Crippen molar-refractivity contribution in [2.45, 2.75) is 141 Å². The number of hydrogen-bond acceptors (Lipinski definition) is 3. The molecule has 0 fully saturated rings. The average Bonchev–Trinajstić information content (AvgIpc) is 2.77. The Morgan fingerprint density at radius 1 is 0.677 bits per heavy atom. The van der Waals surface area contributed by atoms with Gasteiger partial charge in [0.1, 0.15) is 0 Å². The first-order chi connectivity index (χ1) is 14.9. The van der Waals surface area contributed by atoms with Crippen LogP contribution in [0.15, 0.2) is 0 Å². The lowest BCUT2D eigenvalue weighted by atomic mass is 9.86. The molecule has 0 aromatic heterocycles. The van der Waals surface area contributed by atoms with Crippen molar-refractivity contribution in [3.05, 3.63) is 0 Å². The molecule has 0 bridgehead atoms. The van der Waals surface area contributed by atoms with E-state index in [0.29, 0.717) is 5.92 Å². The van der Waals surface area contributed by atoms with Crippen LogP contribution in [0.5, 0.6) is 0 Å². The van der Waals surface area contributed by atoms with Crippen LogP contribution in [-0.4, -0.2) is 35.0 Å². The third-order valence-electron chi connectivity index (χ3n) is 7.10. The molecular weight excluding hydrogens is 424 g/mol. The van der Waals surface area contributed by atoms with Crippen LogP contribution in [0.4, 0.5) is 0 Å². The summed E-state index contributed by atoms with van der Waals surface area (Å²) < 4.78 is 16.6. The zero-order chi connectivity index (χ0) is 23.4. The highest BCUT2D eigenvalue weighted by Gasteiger charge is 2.38. The highest BCUT2D eigenvalue weighted by molar-refractivity contribution is 6.60. The standard InChI is InChI=1S/C26H55ClO3Si/c1-7-8-9-10-11-12-13-14-15-16-17-18-19-20-22-25(2)26(3,27)23-21-24-31(28-4,29-5)30-6/h25H,7-24H2,1-6H3. The summed E-state index contributed by atoms with van der Waals surface area (Å²) in [6, 6.07) is 0.824. The minimum Gasteiger partial charge on any atom is -0.377 e. The molecule has 0 heterocycles. The molecule has 2 unspecified atom stereocenters. The van der Waals surface area contributed by atoms with E-state index in [1.165, 1.54) is 96.3 Å². The Balaban J connectivity index is 3.67. The van der Waals surface area contributed by atoms with Crippen LogP contribution in [0.3, 0.4) is 0 Å². The maximum atomic E-state index is 6.90. The van der Waals surface area contributed by atoms with Crippen molar-refractivity contribution in [3.8, 4) is 0 Å². The van der Waals surface area contributed by atoms with Gasteiger partial charge in [0.2, 0.25) is 0 Å². The number of rotatable bonds is 23. The molecule has 0 aromatic rings. The highest BCUT2D eigenvalue weighted by atomic mass is 35.5. The monoisotopic (exact) mass is 478 g/mol. The van der Waals surface area contributed by atoms with Gasteiger partial charge < -0.3 is 13.3 Å². The molecule has 0 radical (unpaired) electrons. The van der Waals surface area contributed by atoms with Crippen molar-refractivity contribution < 1.29 is 13.3 Å². The van der Waals surface area contributed by atoms with Gasteiger partial charge in [-0.2, -0.15) is 0 Å². The first kappa shape index (κ1) is 31.4. The number of alkyl halides is 1. The predicted molar refractivity (Wildman–Crippen MR) is 139 cm³/mol. The Hall–Kier alpha value is 0.387. The van der Waals surface area contributed by atoms with Gasteiger partial charge >= 0.3 is 8.80 Å². The van der Waals surface area contributed by atoms with E-state index in [-0.39, 0.29) is 4.87 Å². The minimum absolute atomic E-state index is 0.161. The van der Waals surface area contributed by atoms with Gasteiger partial charge in [0, 0.05) is 32.2 Å². The first-order valence-electron chi connectivity index (χ1n) is 13.2. The maximum absolute atomic E-state index is 6.90. The second-order valence-electron chi connectivity index (χ2n) is 9.71. The lowest BCUT2D eigenvalue weighted by Gasteiger charge is -2.31. The van der Waals surface area contributed by atoms with E-state index in [2.05, 4.69) is 20.8 Å². The molecule has 0 aliphatic heterocycles. The molecule has 0 aliphatic carbocycles. The summed E-state index contributed by atoms with van der Waals surface area (Å²) in [5.74, 6) is 0.523. The fraction of sp³-hybridized carbons (Fsp3) is 1.00. The Morgan fingerprint density at radius 3 is 1.45 bits per heavy atom. The fourth-order valence-corrected chi connectivity index (χ4v) is 6.36. The first-order valence-corrected chi connectivity index (χ1v) is 15.5. The summed E-state index contributed by atoms with van der Waals surface area (Å²) >= 11 is 6.90. The van der Waals surface area contributed by atoms with Crippen molar-refractivity contribution in [1.29, 1.82) is 0 Å². The van der Waals surface area contributed by atoms with Crippen molar-refractivity contribution in [2.75, 3.05) is 21.3 Å². The van der Waals surface area contributed by atoms with Gasteiger partial charge in [-0.1, -0.05) is 104 Å². The van der Waals surface area contributed by atoms with Crippen LogP contribution in [-0.2, 0) is 13.3 Å². The van der Waals surface area contributed by atoms with Crippen LogP contribution in [0.1, 0.15) is 130 Å². The molecule has 188 valence electrons. The van der Waals surface area contributed by atoms with Crippen molar-refractivity contribution in [3.63, 3.8) is 0 Å². The molecule has 3 nitrogen and oxygen atoms in total. The molecule has 31 heavy (non-hydrogen) atoms. The molecule has 0 spiro atoms. The van der Waals surface area contributed by atoms with E-state index in [1.54, 1.807) is 21.3 Å². The minimum atomic E-state index is -2.47. The Morgan fingerprint density at radius 2 is 1.06 bits per heavy atom. The van der Waals surface area contributed by atoms with E-state index in [4.69, 9.17) is 24.9 Å². The SMILES string of the molecule is CCCCCCCCCCCCCCCCC(C)C(C)(Cl)CCC[Si](OC)(OC)OC. The molecule has 0 rings (SSSR count). The fourth-order valence-electron chi connectivity index (χ4n) is 4.40. The third kappa shape index (κ3) is 15.8. The van der Waals surface area contributed by atoms with Crippen LogP contribution >= 0.6 is 11.6 Å². The third-order valence-corrected chi connectivity index (χ3v) is 10.5. The summed E-state index contributed by atoms with van der Waals surface area (Å²) in [5, 5.41) is 0. The predicted octanol–water partition coefficient (Wildman–Crippen LogP) is 9.15. The van der Waals surface area contributed by atoms with E-state index in [1.807, 2.05) is 0 Å². The van der Waals surface area contributed by atoms with Crippen molar-refractivity contribution >= 4 is 20.4 Å². The van der Waals surface area contributed by atoms with Crippen LogP contribution in [0, 0.1) is 5.92 Å². The Kier molecular flexibility index (Phi) is 20.1. The molecule has 0 N–H and O–H groups in total. The molecule has 0 saturated carbocycles. The van der Waals surface area contributed by atoms with Gasteiger partial charge in [0.15, 0.2) is 0 Å². The smallest absolute Gasteiger partial charge is 0.377 e. The normalized spacial score (nSPS) is 15.2. The lowest BCUT2D eigenvalue weighted by molar-refractivity contribution is 0.122. The largest absolute Gasteiger partial charge is 0.500 e. The topological polar surface area (TPSA) is 27.7 Å². The summed E-state index contributed by atoms with van der Waals surface area (Å²) in [4.78, 5) is -0.161. The lowest BCUT2D eigenvalue weighted by Crippen LogP contribution is -2.43. The summed E-state index contributed by atoms with van der Waals surface area (Å²) in [6.45, 7) is 6.79. The number of hydrogen-bond donors (Lipinski definition) is 0. The van der Waals surface area contributed by atoms with E-state index >= 15 is 0 Å². The van der Waals surface area contributed by atoms with E-state index in [9.17, 15) is 0 Å². The molecule has 0 saturated heterocycles. The second-order valence-corrected chi connectivity index (χ2v) is 13.7. The van der Waals surface area contributed by atoms with Gasteiger partial charge in [-0.05, 0) is 32.1 Å². The molecule has 0 aromatic carbocycles. The second kappa shape index (κ2) is 19.8. The molecule has 0 amide bonds. The number of unbranched alkanes of at least 4 members (excludes halogenated alkanes) is 13. The summed E-state index contributed by atoms with van der Waals surface area (Å²) in [5.41, 5.74) is 0.